The van der Waals surface area contributed by atoms with Gasteiger partial charge < -0.3 is 9.47 Å². The molecule has 0 unspecified atom stereocenters. The van der Waals surface area contributed by atoms with Crippen molar-refractivity contribution in [3.63, 3.8) is 0 Å². The first kappa shape index (κ1) is 19.7. The fourth-order valence-corrected chi connectivity index (χ4v) is 5.63. The van der Waals surface area contributed by atoms with Gasteiger partial charge in [0, 0.05) is 51.9 Å². The summed E-state index contributed by atoms with van der Waals surface area (Å²) in [6.07, 6.45) is 3.48. The van der Waals surface area contributed by atoms with Gasteiger partial charge >= 0.3 is 0 Å². The van der Waals surface area contributed by atoms with Crippen molar-refractivity contribution in [2.45, 2.75) is 25.4 Å². The summed E-state index contributed by atoms with van der Waals surface area (Å²) < 4.78 is 37.2. The Balaban J connectivity index is 1.29. The number of hydrogen-bond acceptors (Lipinski definition) is 6. The molecule has 1 aromatic carbocycles. The normalized spacial score (nSPS) is 24.4. The molecule has 0 amide bonds. The van der Waals surface area contributed by atoms with Gasteiger partial charge in [-0.15, -0.1) is 6.58 Å². The molecule has 2 fully saturated rings. The van der Waals surface area contributed by atoms with Crippen molar-refractivity contribution >= 4 is 10.0 Å². The third-order valence-corrected chi connectivity index (χ3v) is 7.62. The molecule has 28 heavy (non-hydrogen) atoms. The highest BCUT2D eigenvalue weighted by atomic mass is 32.2. The molecular weight excluding hydrogens is 378 g/mol. The summed E-state index contributed by atoms with van der Waals surface area (Å²) in [5.41, 5.74) is 1.23. The number of sulfonamides is 1. The van der Waals surface area contributed by atoms with Crippen molar-refractivity contribution in [1.82, 2.24) is 14.1 Å². The molecule has 3 aliphatic rings. The summed E-state index contributed by atoms with van der Waals surface area (Å²) in [4.78, 5) is 4.91. The van der Waals surface area contributed by atoms with E-state index in [-0.39, 0.29) is 5.75 Å². The van der Waals surface area contributed by atoms with Crippen molar-refractivity contribution in [1.29, 1.82) is 0 Å². The summed E-state index contributed by atoms with van der Waals surface area (Å²) in [6, 6.07) is 6.47. The SMILES string of the molecule is C=CCS(=O)(=O)N1CCC[C@@H](N2CCN(Cc3ccc4c(c3)OCO4)CC2)C1. The van der Waals surface area contributed by atoms with E-state index in [0.29, 0.717) is 25.9 Å². The topological polar surface area (TPSA) is 62.3 Å². The van der Waals surface area contributed by atoms with Crippen LogP contribution in [0.25, 0.3) is 0 Å². The van der Waals surface area contributed by atoms with E-state index in [1.54, 1.807) is 4.31 Å². The molecule has 0 aliphatic carbocycles. The van der Waals surface area contributed by atoms with Gasteiger partial charge in [0.2, 0.25) is 16.8 Å². The lowest BCUT2D eigenvalue weighted by atomic mass is 10.0. The third-order valence-electron chi connectivity index (χ3n) is 5.85. The molecule has 1 atom stereocenters. The van der Waals surface area contributed by atoms with Gasteiger partial charge in [-0.1, -0.05) is 12.1 Å². The zero-order valence-electron chi connectivity index (χ0n) is 16.3. The van der Waals surface area contributed by atoms with Crippen LogP contribution >= 0.6 is 0 Å². The molecule has 0 spiro atoms. The van der Waals surface area contributed by atoms with Crippen LogP contribution in [0.4, 0.5) is 0 Å². The minimum absolute atomic E-state index is 0.0308. The fourth-order valence-electron chi connectivity index (χ4n) is 4.31. The van der Waals surface area contributed by atoms with Gasteiger partial charge in [0.1, 0.15) is 0 Å². The number of fused-ring (bicyclic) bond motifs is 1. The van der Waals surface area contributed by atoms with Gasteiger partial charge in [0.15, 0.2) is 11.5 Å². The summed E-state index contributed by atoms with van der Waals surface area (Å²) in [7, 11) is -3.21. The number of rotatable bonds is 6. The zero-order valence-corrected chi connectivity index (χ0v) is 17.1. The van der Waals surface area contributed by atoms with E-state index >= 15 is 0 Å². The summed E-state index contributed by atoms with van der Waals surface area (Å²) in [6.45, 7) is 9.96. The predicted molar refractivity (Wildman–Crippen MR) is 108 cm³/mol. The lowest BCUT2D eigenvalue weighted by Gasteiger charge is -2.43. The van der Waals surface area contributed by atoms with E-state index in [1.807, 2.05) is 6.07 Å². The minimum Gasteiger partial charge on any atom is -0.454 e. The molecule has 3 heterocycles. The summed E-state index contributed by atoms with van der Waals surface area (Å²) in [5.74, 6) is 1.68. The Kier molecular flexibility index (Phi) is 5.91. The van der Waals surface area contributed by atoms with Crippen LogP contribution in [0.3, 0.4) is 0 Å². The largest absolute Gasteiger partial charge is 0.454 e. The van der Waals surface area contributed by atoms with E-state index in [0.717, 1.165) is 57.1 Å². The third kappa shape index (κ3) is 4.35. The van der Waals surface area contributed by atoms with E-state index in [4.69, 9.17) is 9.47 Å². The number of piperidine rings is 1. The van der Waals surface area contributed by atoms with Crippen LogP contribution in [0, 0.1) is 0 Å². The van der Waals surface area contributed by atoms with E-state index in [2.05, 4.69) is 28.5 Å². The van der Waals surface area contributed by atoms with Crippen molar-refractivity contribution in [2.24, 2.45) is 0 Å². The number of hydrogen-bond donors (Lipinski definition) is 0. The van der Waals surface area contributed by atoms with Gasteiger partial charge in [-0.05, 0) is 30.5 Å². The van der Waals surface area contributed by atoms with E-state index < -0.39 is 10.0 Å². The smallest absolute Gasteiger partial charge is 0.231 e. The van der Waals surface area contributed by atoms with Crippen LogP contribution in [0.5, 0.6) is 11.5 Å². The molecule has 0 aromatic heterocycles. The second-order valence-corrected chi connectivity index (χ2v) is 9.73. The lowest BCUT2D eigenvalue weighted by Crippen LogP contribution is -2.55. The zero-order chi connectivity index (χ0) is 19.6. The summed E-state index contributed by atoms with van der Waals surface area (Å²) in [5, 5.41) is 0. The Morgan fingerprint density at radius 3 is 2.68 bits per heavy atom. The van der Waals surface area contributed by atoms with Crippen LogP contribution in [0.2, 0.25) is 0 Å². The number of benzene rings is 1. The maximum absolute atomic E-state index is 12.4. The molecule has 3 aliphatic heterocycles. The molecule has 0 bridgehead atoms. The molecule has 1 aromatic rings. The first-order valence-electron chi connectivity index (χ1n) is 9.99. The Morgan fingerprint density at radius 2 is 1.89 bits per heavy atom. The van der Waals surface area contributed by atoms with Gasteiger partial charge in [-0.3, -0.25) is 9.80 Å². The second kappa shape index (κ2) is 8.41. The monoisotopic (exact) mass is 407 g/mol. The van der Waals surface area contributed by atoms with Gasteiger partial charge in [-0.25, -0.2) is 12.7 Å². The number of nitrogens with zero attached hydrogens (tertiary/aromatic N) is 3. The molecule has 4 rings (SSSR count). The predicted octanol–water partition coefficient (Wildman–Crippen LogP) is 1.51. The molecule has 2 saturated heterocycles. The van der Waals surface area contributed by atoms with Crippen LogP contribution in [0.15, 0.2) is 30.9 Å². The average molecular weight is 408 g/mol. The first-order valence-corrected chi connectivity index (χ1v) is 11.6. The minimum atomic E-state index is -3.21. The van der Waals surface area contributed by atoms with Gasteiger partial charge in [0.25, 0.3) is 0 Å². The van der Waals surface area contributed by atoms with Crippen molar-refractivity contribution < 1.29 is 17.9 Å². The quantitative estimate of drug-likeness (QED) is 0.667. The molecule has 7 nitrogen and oxygen atoms in total. The molecule has 0 N–H and O–H groups in total. The molecule has 154 valence electrons. The number of ether oxygens (including phenoxy) is 2. The van der Waals surface area contributed by atoms with E-state index in [1.165, 1.54) is 11.6 Å². The van der Waals surface area contributed by atoms with Crippen molar-refractivity contribution in [3.8, 4) is 11.5 Å². The highest BCUT2D eigenvalue weighted by Crippen LogP contribution is 2.33. The standard InChI is InChI=1S/C20H29N3O4S/c1-2-12-28(24,25)23-7-3-4-18(15-23)22-10-8-21(9-11-22)14-17-5-6-19-20(13-17)27-16-26-19/h2,5-6,13,18H,1,3-4,7-12,14-16H2/t18-/m1/s1. The highest BCUT2D eigenvalue weighted by molar-refractivity contribution is 7.89. The molecule has 0 saturated carbocycles. The number of piperazine rings is 1. The summed E-state index contributed by atoms with van der Waals surface area (Å²) >= 11 is 0. The molecule has 0 radical (unpaired) electrons. The van der Waals surface area contributed by atoms with Gasteiger partial charge in [-0.2, -0.15) is 0 Å². The van der Waals surface area contributed by atoms with Gasteiger partial charge in [0.05, 0.1) is 5.75 Å². The first-order chi connectivity index (χ1) is 13.5. The Hall–Kier alpha value is -1.61. The Bertz CT molecular complexity index is 806. The van der Waals surface area contributed by atoms with Crippen LogP contribution in [-0.4, -0.2) is 80.4 Å². The fraction of sp³-hybridized carbons (Fsp3) is 0.600. The highest BCUT2D eigenvalue weighted by Gasteiger charge is 2.32. The molecular formula is C20H29N3O4S. The van der Waals surface area contributed by atoms with Crippen LogP contribution < -0.4 is 9.47 Å². The van der Waals surface area contributed by atoms with E-state index in [9.17, 15) is 8.42 Å². The maximum Gasteiger partial charge on any atom is 0.231 e. The molecule has 8 heteroatoms. The average Bonchev–Trinajstić information content (AvgIpc) is 3.16. The second-order valence-electron chi connectivity index (χ2n) is 7.72. The van der Waals surface area contributed by atoms with Crippen molar-refractivity contribution in [3.05, 3.63) is 36.4 Å². The van der Waals surface area contributed by atoms with Crippen molar-refractivity contribution in [2.75, 3.05) is 51.8 Å². The maximum atomic E-state index is 12.4. The Labute approximate surface area is 167 Å². The Morgan fingerprint density at radius 1 is 1.11 bits per heavy atom. The van der Waals surface area contributed by atoms with Crippen LogP contribution in [-0.2, 0) is 16.6 Å². The lowest BCUT2D eigenvalue weighted by molar-refractivity contribution is 0.0675. The van der Waals surface area contributed by atoms with Crippen LogP contribution in [0.1, 0.15) is 18.4 Å².